The molecule has 1 amide bonds. The minimum Gasteiger partial charge on any atom is -0.308 e. The Morgan fingerprint density at radius 2 is 1.83 bits per heavy atom. The van der Waals surface area contributed by atoms with Gasteiger partial charge in [-0.1, -0.05) is 17.4 Å². The highest BCUT2D eigenvalue weighted by Crippen LogP contribution is 2.31. The van der Waals surface area contributed by atoms with E-state index in [9.17, 15) is 9.18 Å². The molecule has 0 aliphatic rings. The maximum Gasteiger partial charge on any atom is 0.260 e. The highest BCUT2D eigenvalue weighted by atomic mass is 35.5. The molecular weight excluding hydrogens is 413 g/mol. The van der Waals surface area contributed by atoms with Crippen molar-refractivity contribution < 1.29 is 9.18 Å². The molecule has 0 radical (unpaired) electrons. The van der Waals surface area contributed by atoms with Crippen molar-refractivity contribution in [3.8, 4) is 0 Å². The summed E-state index contributed by atoms with van der Waals surface area (Å²) in [5, 5.41) is 0.478. The maximum atomic E-state index is 14.1. The molecule has 150 valence electrons. The van der Waals surface area contributed by atoms with Crippen LogP contribution >= 0.6 is 23.7 Å². The number of amides is 1. The Morgan fingerprint density at radius 3 is 2.55 bits per heavy atom. The Kier molecular flexibility index (Phi) is 6.36. The predicted molar refractivity (Wildman–Crippen MR) is 117 cm³/mol. The van der Waals surface area contributed by atoms with Crippen molar-refractivity contribution in [2.45, 2.75) is 0 Å². The second-order valence-electron chi connectivity index (χ2n) is 6.60. The smallest absolute Gasteiger partial charge is 0.260 e. The summed E-state index contributed by atoms with van der Waals surface area (Å²) >= 11 is 1.31. The summed E-state index contributed by atoms with van der Waals surface area (Å²) in [5.74, 6) is -0.588. The summed E-state index contributed by atoms with van der Waals surface area (Å²) in [6.07, 6.45) is 3.21. The molecule has 0 aliphatic heterocycles. The number of hydrogen-bond acceptors (Lipinski definition) is 6. The van der Waals surface area contributed by atoms with Crippen molar-refractivity contribution in [3.05, 3.63) is 60.2 Å². The molecule has 2 aromatic carbocycles. The third-order valence-electron chi connectivity index (χ3n) is 4.32. The van der Waals surface area contributed by atoms with Crippen LogP contribution in [0.3, 0.4) is 0 Å². The maximum absolute atomic E-state index is 14.1. The number of hydrogen-bond donors (Lipinski definition) is 0. The molecule has 6 nitrogen and oxygen atoms in total. The molecule has 0 spiro atoms. The number of anilines is 1. The lowest BCUT2D eigenvalue weighted by atomic mass is 10.1. The van der Waals surface area contributed by atoms with E-state index < -0.39 is 0 Å². The number of rotatable bonds is 5. The monoisotopic (exact) mass is 431 g/mol. The first-order valence-corrected chi connectivity index (χ1v) is 9.57. The van der Waals surface area contributed by atoms with E-state index >= 15 is 0 Å². The van der Waals surface area contributed by atoms with E-state index in [1.54, 1.807) is 47.6 Å². The van der Waals surface area contributed by atoms with Crippen molar-refractivity contribution >= 4 is 56.0 Å². The summed E-state index contributed by atoms with van der Waals surface area (Å²) in [6, 6.07) is 10.1. The Hall–Kier alpha value is -2.68. The molecule has 4 rings (SSSR count). The lowest BCUT2D eigenvalue weighted by molar-refractivity contribution is 0.0985. The highest BCUT2D eigenvalue weighted by molar-refractivity contribution is 7.22. The van der Waals surface area contributed by atoms with Crippen LogP contribution in [0.1, 0.15) is 10.4 Å². The zero-order chi connectivity index (χ0) is 19.7. The SMILES string of the molecule is CN(C)CCN(C(=O)c1ccc2nccnc2c1)c1nc2c(F)cccc2s1.Cl. The van der Waals surface area contributed by atoms with Gasteiger partial charge in [0.2, 0.25) is 0 Å². The minimum atomic E-state index is -0.388. The van der Waals surface area contributed by atoms with Gasteiger partial charge in [-0.25, -0.2) is 9.37 Å². The highest BCUT2D eigenvalue weighted by Gasteiger charge is 2.22. The number of benzene rings is 2. The van der Waals surface area contributed by atoms with Gasteiger partial charge in [-0.2, -0.15) is 0 Å². The van der Waals surface area contributed by atoms with E-state index in [0.29, 0.717) is 34.0 Å². The van der Waals surface area contributed by atoms with Crippen molar-refractivity contribution in [2.75, 3.05) is 32.1 Å². The number of fused-ring (bicyclic) bond motifs is 2. The quantitative estimate of drug-likeness (QED) is 0.477. The van der Waals surface area contributed by atoms with Crippen LogP contribution in [0.15, 0.2) is 48.8 Å². The second kappa shape index (κ2) is 8.77. The standard InChI is InChI=1S/C20H18FN5OS.ClH/c1-25(2)10-11-26(20-24-18-14(21)4-3-5-17(18)28-20)19(27)13-6-7-15-16(12-13)23-9-8-22-15;/h3-9,12H,10-11H2,1-2H3;1H. The molecule has 4 aromatic rings. The number of aromatic nitrogens is 3. The molecule has 2 aromatic heterocycles. The van der Waals surface area contributed by atoms with E-state index in [0.717, 1.165) is 5.52 Å². The third-order valence-corrected chi connectivity index (χ3v) is 5.37. The lowest BCUT2D eigenvalue weighted by Gasteiger charge is -2.22. The average Bonchev–Trinajstić information content (AvgIpc) is 3.12. The molecule has 2 heterocycles. The summed E-state index contributed by atoms with van der Waals surface area (Å²) in [5.41, 5.74) is 2.15. The second-order valence-corrected chi connectivity index (χ2v) is 7.61. The number of nitrogens with zero attached hydrogens (tertiary/aromatic N) is 5. The Morgan fingerprint density at radius 1 is 1.07 bits per heavy atom. The van der Waals surface area contributed by atoms with Crippen molar-refractivity contribution in [3.63, 3.8) is 0 Å². The molecule has 0 saturated heterocycles. The lowest BCUT2D eigenvalue weighted by Crippen LogP contribution is -2.36. The van der Waals surface area contributed by atoms with Crippen molar-refractivity contribution in [1.82, 2.24) is 19.9 Å². The van der Waals surface area contributed by atoms with Gasteiger partial charge in [-0.15, -0.1) is 12.4 Å². The molecule has 0 unspecified atom stereocenters. The molecule has 0 aliphatic carbocycles. The third kappa shape index (κ3) is 4.34. The molecule has 0 bridgehead atoms. The van der Waals surface area contributed by atoms with Gasteiger partial charge in [-0.3, -0.25) is 19.7 Å². The number of thiazole rings is 1. The minimum absolute atomic E-state index is 0. The number of carbonyl (C=O) groups is 1. The van der Waals surface area contributed by atoms with Gasteiger partial charge >= 0.3 is 0 Å². The summed E-state index contributed by atoms with van der Waals surface area (Å²) in [6.45, 7) is 1.09. The van der Waals surface area contributed by atoms with Gasteiger partial charge in [0.05, 0.1) is 15.7 Å². The number of likely N-dealkylation sites (N-methyl/N-ethyl adjacent to an activating group) is 1. The van der Waals surface area contributed by atoms with Crippen LogP contribution in [-0.4, -0.2) is 52.9 Å². The summed E-state index contributed by atoms with van der Waals surface area (Å²) in [7, 11) is 3.87. The van der Waals surface area contributed by atoms with Crippen LogP contribution in [-0.2, 0) is 0 Å². The van der Waals surface area contributed by atoms with Gasteiger partial charge < -0.3 is 4.90 Å². The van der Waals surface area contributed by atoms with Crippen molar-refractivity contribution in [1.29, 1.82) is 0 Å². The zero-order valence-corrected chi connectivity index (χ0v) is 17.5. The van der Waals surface area contributed by atoms with Crippen LogP contribution in [0.2, 0.25) is 0 Å². The Bertz CT molecular complexity index is 1170. The van der Waals surface area contributed by atoms with Crippen molar-refractivity contribution in [2.24, 2.45) is 0 Å². The van der Waals surface area contributed by atoms with Crippen LogP contribution in [0.25, 0.3) is 21.3 Å². The van der Waals surface area contributed by atoms with Gasteiger partial charge in [0, 0.05) is 31.0 Å². The van der Waals surface area contributed by atoms with Crippen LogP contribution in [0, 0.1) is 5.82 Å². The van der Waals surface area contributed by atoms with Gasteiger partial charge in [-0.05, 0) is 44.4 Å². The van der Waals surface area contributed by atoms with E-state index in [1.807, 2.05) is 19.0 Å². The first-order valence-electron chi connectivity index (χ1n) is 8.75. The van der Waals surface area contributed by atoms with Gasteiger partial charge in [0.1, 0.15) is 11.3 Å². The van der Waals surface area contributed by atoms with E-state index in [2.05, 4.69) is 15.0 Å². The Labute approximate surface area is 177 Å². The van der Waals surface area contributed by atoms with E-state index in [4.69, 9.17) is 0 Å². The molecule has 0 N–H and O–H groups in total. The van der Waals surface area contributed by atoms with Crippen LogP contribution in [0.5, 0.6) is 0 Å². The van der Waals surface area contributed by atoms with Gasteiger partial charge in [0.15, 0.2) is 5.13 Å². The molecular formula is C20H19ClFN5OS. The largest absolute Gasteiger partial charge is 0.308 e. The fourth-order valence-corrected chi connectivity index (χ4v) is 3.86. The molecule has 29 heavy (non-hydrogen) atoms. The van der Waals surface area contributed by atoms with E-state index in [1.165, 1.54) is 17.4 Å². The normalized spacial score (nSPS) is 11.0. The fraction of sp³-hybridized carbons (Fsp3) is 0.200. The molecule has 0 atom stereocenters. The first-order chi connectivity index (χ1) is 13.5. The van der Waals surface area contributed by atoms with Crippen LogP contribution < -0.4 is 4.90 Å². The predicted octanol–water partition coefficient (Wildman–Crippen LogP) is 4.01. The first kappa shape index (κ1) is 21.0. The molecule has 0 fully saturated rings. The van der Waals surface area contributed by atoms with E-state index in [-0.39, 0.29) is 29.6 Å². The number of carbonyl (C=O) groups excluding carboxylic acids is 1. The van der Waals surface area contributed by atoms with Gasteiger partial charge in [0.25, 0.3) is 5.91 Å². The molecule has 9 heteroatoms. The average molecular weight is 432 g/mol. The topological polar surface area (TPSA) is 62.2 Å². The molecule has 0 saturated carbocycles. The number of halogens is 2. The summed E-state index contributed by atoms with van der Waals surface area (Å²) in [4.78, 5) is 29.8. The zero-order valence-electron chi connectivity index (χ0n) is 15.9. The van der Waals surface area contributed by atoms with Crippen LogP contribution in [0.4, 0.5) is 9.52 Å². The number of para-hydroxylation sites is 1. The summed E-state index contributed by atoms with van der Waals surface area (Å²) < 4.78 is 14.8. The fourth-order valence-electron chi connectivity index (χ4n) is 2.85. The Balaban J connectivity index is 0.00000240.